The van der Waals surface area contributed by atoms with E-state index in [9.17, 15) is 4.39 Å². The van der Waals surface area contributed by atoms with Crippen molar-refractivity contribution in [2.75, 3.05) is 0 Å². The first kappa shape index (κ1) is 4.78. The molecule has 0 amide bonds. The van der Waals surface area contributed by atoms with Gasteiger partial charge in [-0.3, -0.25) is 0 Å². The van der Waals surface area contributed by atoms with Crippen molar-refractivity contribution in [2.45, 2.75) is 0 Å². The van der Waals surface area contributed by atoms with Gasteiger partial charge in [0.2, 0.25) is 0 Å². The SMILES string of the molecule is F[CH]c1cccs1. The topological polar surface area (TPSA) is 0 Å². The third-order valence-electron chi connectivity index (χ3n) is 0.651. The summed E-state index contributed by atoms with van der Waals surface area (Å²) < 4.78 is 11.4. The van der Waals surface area contributed by atoms with Crippen molar-refractivity contribution < 1.29 is 4.39 Å². The van der Waals surface area contributed by atoms with E-state index in [0.29, 0.717) is 11.6 Å². The van der Waals surface area contributed by atoms with Gasteiger partial charge in [-0.2, -0.15) is 0 Å². The zero-order chi connectivity index (χ0) is 5.11. The normalized spacial score (nSPS) is 9.29. The van der Waals surface area contributed by atoms with Crippen molar-refractivity contribution in [1.82, 2.24) is 0 Å². The molecule has 0 saturated carbocycles. The van der Waals surface area contributed by atoms with Gasteiger partial charge in [-0.05, 0) is 11.4 Å². The third kappa shape index (κ3) is 0.996. The average molecular weight is 115 g/mol. The maximum absolute atomic E-state index is 11.4. The minimum absolute atomic E-state index is 0.602. The van der Waals surface area contributed by atoms with E-state index < -0.39 is 0 Å². The summed E-state index contributed by atoms with van der Waals surface area (Å²) in [4.78, 5) is 0.681. The molecule has 37 valence electrons. The summed E-state index contributed by atoms with van der Waals surface area (Å²) >= 11 is 1.39. The Balaban J connectivity index is 2.76. The van der Waals surface area contributed by atoms with Crippen molar-refractivity contribution in [1.29, 1.82) is 0 Å². The molecule has 7 heavy (non-hydrogen) atoms. The third-order valence-corrected chi connectivity index (χ3v) is 1.44. The first-order chi connectivity index (χ1) is 3.43. The summed E-state index contributed by atoms with van der Waals surface area (Å²) in [5.74, 6) is 0. The lowest BCUT2D eigenvalue weighted by atomic mass is 10.5. The molecule has 1 radical (unpaired) electrons. The van der Waals surface area contributed by atoms with Gasteiger partial charge in [0.05, 0.1) is 0 Å². The summed E-state index contributed by atoms with van der Waals surface area (Å²) in [6.07, 6.45) is 0. The maximum atomic E-state index is 11.4. The van der Waals surface area contributed by atoms with Crippen molar-refractivity contribution in [3.05, 3.63) is 29.1 Å². The average Bonchev–Trinajstić information content (AvgIpc) is 2.14. The largest absolute Gasteiger partial charge is 0.238 e. The van der Waals surface area contributed by atoms with Crippen molar-refractivity contribution in [3.63, 3.8) is 0 Å². The van der Waals surface area contributed by atoms with Crippen LogP contribution in [0, 0.1) is 6.67 Å². The van der Waals surface area contributed by atoms with Crippen LogP contribution < -0.4 is 0 Å². The van der Waals surface area contributed by atoms with Crippen LogP contribution in [0.1, 0.15) is 4.88 Å². The van der Waals surface area contributed by atoms with Gasteiger partial charge < -0.3 is 0 Å². The summed E-state index contributed by atoms with van der Waals surface area (Å²) in [7, 11) is 0. The number of halogens is 1. The Morgan fingerprint density at radius 1 is 1.71 bits per heavy atom. The molecule has 0 aliphatic heterocycles. The molecule has 0 unspecified atom stereocenters. The van der Waals surface area contributed by atoms with E-state index in [1.807, 2.05) is 11.4 Å². The quantitative estimate of drug-likeness (QED) is 0.526. The van der Waals surface area contributed by atoms with Crippen LogP contribution in [0.2, 0.25) is 0 Å². The number of hydrogen-bond donors (Lipinski definition) is 0. The highest BCUT2D eigenvalue weighted by atomic mass is 32.1. The van der Waals surface area contributed by atoms with Crippen molar-refractivity contribution in [2.24, 2.45) is 0 Å². The van der Waals surface area contributed by atoms with Gasteiger partial charge in [0, 0.05) is 4.88 Å². The fourth-order valence-electron chi connectivity index (χ4n) is 0.353. The first-order valence-corrected chi connectivity index (χ1v) is 2.78. The summed E-state index contributed by atoms with van der Waals surface area (Å²) in [6.45, 7) is 0.602. The van der Waals surface area contributed by atoms with E-state index in [2.05, 4.69) is 0 Å². The highest BCUT2D eigenvalue weighted by molar-refractivity contribution is 7.10. The smallest absolute Gasteiger partial charge is 0.170 e. The molecule has 0 fully saturated rings. The van der Waals surface area contributed by atoms with Crippen molar-refractivity contribution >= 4 is 11.3 Å². The van der Waals surface area contributed by atoms with Crippen LogP contribution in [0.25, 0.3) is 0 Å². The van der Waals surface area contributed by atoms with Gasteiger partial charge in [0.25, 0.3) is 0 Å². The van der Waals surface area contributed by atoms with Gasteiger partial charge in [-0.15, -0.1) is 11.3 Å². The minimum atomic E-state index is 0.602. The van der Waals surface area contributed by atoms with Crippen LogP contribution in [-0.2, 0) is 0 Å². The fourth-order valence-corrected chi connectivity index (χ4v) is 0.876. The number of rotatable bonds is 1. The molecule has 0 aliphatic rings. The lowest BCUT2D eigenvalue weighted by molar-refractivity contribution is 0.651. The highest BCUT2D eigenvalue weighted by Gasteiger charge is 1.87. The first-order valence-electron chi connectivity index (χ1n) is 1.90. The van der Waals surface area contributed by atoms with E-state index in [1.54, 1.807) is 6.07 Å². The predicted molar refractivity (Wildman–Crippen MR) is 28.8 cm³/mol. The van der Waals surface area contributed by atoms with Gasteiger partial charge in [-0.25, -0.2) is 4.39 Å². The molecule has 0 nitrogen and oxygen atoms in total. The van der Waals surface area contributed by atoms with Crippen LogP contribution in [-0.4, -0.2) is 0 Å². The summed E-state index contributed by atoms with van der Waals surface area (Å²) in [5, 5.41) is 1.84. The molecule has 2 heteroatoms. The predicted octanol–water partition coefficient (Wildman–Crippen LogP) is 2.23. The van der Waals surface area contributed by atoms with E-state index in [1.165, 1.54) is 11.3 Å². The molecule has 0 spiro atoms. The van der Waals surface area contributed by atoms with Crippen LogP contribution in [0.15, 0.2) is 17.5 Å². The Labute approximate surface area is 45.6 Å². The molecule has 1 aromatic rings. The number of hydrogen-bond acceptors (Lipinski definition) is 1. The lowest BCUT2D eigenvalue weighted by Gasteiger charge is -1.73. The summed E-state index contributed by atoms with van der Waals surface area (Å²) in [6, 6.07) is 3.54. The lowest BCUT2D eigenvalue weighted by Crippen LogP contribution is -1.56. The second kappa shape index (κ2) is 2.07. The molecular weight excluding hydrogens is 111 g/mol. The summed E-state index contributed by atoms with van der Waals surface area (Å²) in [5.41, 5.74) is 0. The van der Waals surface area contributed by atoms with Crippen LogP contribution >= 0.6 is 11.3 Å². The molecular formula is C5H4FS. The molecule has 0 aromatic carbocycles. The highest BCUT2D eigenvalue weighted by Crippen LogP contribution is 2.10. The zero-order valence-corrected chi connectivity index (χ0v) is 4.41. The Bertz CT molecular complexity index is 123. The van der Waals surface area contributed by atoms with Crippen LogP contribution in [0.4, 0.5) is 4.39 Å². The van der Waals surface area contributed by atoms with E-state index in [-0.39, 0.29) is 0 Å². The second-order valence-corrected chi connectivity index (χ2v) is 2.10. The van der Waals surface area contributed by atoms with Gasteiger partial charge in [0.15, 0.2) is 6.67 Å². The van der Waals surface area contributed by atoms with Crippen LogP contribution in [0.5, 0.6) is 0 Å². The van der Waals surface area contributed by atoms with Crippen LogP contribution in [0.3, 0.4) is 0 Å². The molecule has 0 saturated heterocycles. The molecule has 0 N–H and O–H groups in total. The molecule has 0 bridgehead atoms. The number of thiophene rings is 1. The van der Waals surface area contributed by atoms with E-state index in [4.69, 9.17) is 0 Å². The minimum Gasteiger partial charge on any atom is -0.238 e. The van der Waals surface area contributed by atoms with Gasteiger partial charge in [-0.1, -0.05) is 6.07 Å². The monoisotopic (exact) mass is 115 g/mol. The second-order valence-electron chi connectivity index (χ2n) is 1.12. The Morgan fingerprint density at radius 2 is 2.57 bits per heavy atom. The fraction of sp³-hybridized carbons (Fsp3) is 0. The van der Waals surface area contributed by atoms with E-state index >= 15 is 0 Å². The maximum Gasteiger partial charge on any atom is 0.170 e. The standard InChI is InChI=1S/C5H4FS/c6-4-5-2-1-3-7-5/h1-4H. The van der Waals surface area contributed by atoms with Crippen molar-refractivity contribution in [3.8, 4) is 0 Å². The van der Waals surface area contributed by atoms with E-state index in [0.717, 1.165) is 0 Å². The molecule has 0 aliphatic carbocycles. The Hall–Kier alpha value is -0.370. The Morgan fingerprint density at radius 3 is 2.86 bits per heavy atom. The molecule has 0 atom stereocenters. The van der Waals surface area contributed by atoms with Gasteiger partial charge >= 0.3 is 0 Å². The molecule has 1 rings (SSSR count). The molecule has 1 heterocycles. The Kier molecular flexibility index (Phi) is 1.42. The molecule has 1 aromatic heterocycles. The van der Waals surface area contributed by atoms with Gasteiger partial charge in [0.1, 0.15) is 0 Å². The zero-order valence-electron chi connectivity index (χ0n) is 3.60.